The summed E-state index contributed by atoms with van der Waals surface area (Å²) in [6, 6.07) is 0. The molecule has 0 spiro atoms. The lowest BCUT2D eigenvalue weighted by Crippen LogP contribution is -2.13. The highest BCUT2D eigenvalue weighted by Crippen LogP contribution is 2.22. The van der Waals surface area contributed by atoms with Gasteiger partial charge < -0.3 is 4.57 Å². The summed E-state index contributed by atoms with van der Waals surface area (Å²) in [5.41, 5.74) is 0. The molecule has 0 amide bonds. The van der Waals surface area contributed by atoms with E-state index in [1.807, 2.05) is 12.5 Å². The van der Waals surface area contributed by atoms with Gasteiger partial charge in [-0.15, -0.1) is 0 Å². The van der Waals surface area contributed by atoms with Gasteiger partial charge in [-0.05, 0) is 18.6 Å². The smallest absolute Gasteiger partial charge is 0.0946 e. The van der Waals surface area contributed by atoms with Crippen molar-refractivity contribution in [3.63, 3.8) is 0 Å². The van der Waals surface area contributed by atoms with Gasteiger partial charge in [0, 0.05) is 24.2 Å². The van der Waals surface area contributed by atoms with Gasteiger partial charge in [0.25, 0.3) is 0 Å². The van der Waals surface area contributed by atoms with Gasteiger partial charge >= 0.3 is 0 Å². The van der Waals surface area contributed by atoms with Crippen LogP contribution in [0.4, 0.5) is 0 Å². The van der Waals surface area contributed by atoms with Gasteiger partial charge in [-0.2, -0.15) is 11.8 Å². The lowest BCUT2D eigenvalue weighted by Gasteiger charge is -2.17. The molecule has 0 bridgehead atoms. The topological polar surface area (TPSA) is 17.8 Å². The molecule has 1 atom stereocenters. The highest BCUT2D eigenvalue weighted by molar-refractivity contribution is 7.99. The van der Waals surface area contributed by atoms with Gasteiger partial charge in [-0.25, -0.2) is 4.98 Å². The summed E-state index contributed by atoms with van der Waals surface area (Å²) in [6.07, 6.45) is 21.2. The van der Waals surface area contributed by atoms with Crippen LogP contribution in [0.5, 0.6) is 0 Å². The van der Waals surface area contributed by atoms with Crippen LogP contribution in [0.15, 0.2) is 18.7 Å². The van der Waals surface area contributed by atoms with E-state index in [0.29, 0.717) is 0 Å². The van der Waals surface area contributed by atoms with E-state index in [1.54, 1.807) is 0 Å². The van der Waals surface area contributed by atoms with Crippen molar-refractivity contribution in [2.75, 3.05) is 5.75 Å². The van der Waals surface area contributed by atoms with Gasteiger partial charge in [-0.3, -0.25) is 0 Å². The molecule has 0 aliphatic rings. The number of imidazole rings is 1. The third-order valence-electron chi connectivity index (χ3n) is 4.20. The zero-order valence-corrected chi connectivity index (χ0v) is 15.6. The minimum absolute atomic E-state index is 0.765. The molecule has 1 aromatic rings. The van der Waals surface area contributed by atoms with Crippen LogP contribution in [0.1, 0.15) is 84.5 Å². The fourth-order valence-corrected chi connectivity index (χ4v) is 4.10. The Labute approximate surface area is 142 Å². The standard InChI is InChI=1S/C19H36N2S/c1-3-5-7-9-10-12-16-22-19(13-11-8-6-4-2)17-21-15-14-20-18-21/h14-15,18-19H,3-13,16-17H2,1-2H3. The van der Waals surface area contributed by atoms with E-state index in [9.17, 15) is 0 Å². The third kappa shape index (κ3) is 10.3. The molecule has 1 aromatic heterocycles. The number of hydrogen-bond donors (Lipinski definition) is 0. The molecule has 1 heterocycles. The summed E-state index contributed by atoms with van der Waals surface area (Å²) >= 11 is 2.19. The summed E-state index contributed by atoms with van der Waals surface area (Å²) in [6.45, 7) is 5.71. The Balaban J connectivity index is 2.16. The van der Waals surface area contributed by atoms with Crippen molar-refractivity contribution >= 4 is 11.8 Å². The second-order valence-corrected chi connectivity index (χ2v) is 7.78. The predicted octanol–water partition coefficient (Wildman–Crippen LogP) is 6.32. The predicted molar refractivity (Wildman–Crippen MR) is 101 cm³/mol. The Hall–Kier alpha value is -0.440. The summed E-state index contributed by atoms with van der Waals surface area (Å²) in [5.74, 6) is 1.33. The zero-order valence-electron chi connectivity index (χ0n) is 14.8. The Morgan fingerprint density at radius 1 is 0.909 bits per heavy atom. The Kier molecular flexibility index (Phi) is 12.6. The second kappa shape index (κ2) is 14.2. The lowest BCUT2D eigenvalue weighted by molar-refractivity contribution is 0.568. The molecule has 3 heteroatoms. The number of hydrogen-bond acceptors (Lipinski definition) is 2. The number of thioether (sulfide) groups is 1. The lowest BCUT2D eigenvalue weighted by atomic mass is 10.1. The molecule has 0 aliphatic carbocycles. The second-order valence-electron chi connectivity index (χ2n) is 6.37. The molecular weight excluding hydrogens is 288 g/mol. The quantitative estimate of drug-likeness (QED) is 0.351. The SMILES string of the molecule is CCCCCCCCSC(CCCCCC)Cn1ccnc1. The summed E-state index contributed by atoms with van der Waals surface area (Å²) < 4.78 is 2.25. The van der Waals surface area contributed by atoms with Crippen LogP contribution in [0.3, 0.4) is 0 Å². The van der Waals surface area contributed by atoms with E-state index in [4.69, 9.17) is 0 Å². The molecule has 0 aromatic carbocycles. The average Bonchev–Trinajstić information content (AvgIpc) is 3.03. The summed E-state index contributed by atoms with van der Waals surface area (Å²) in [7, 11) is 0. The van der Waals surface area contributed by atoms with Crippen LogP contribution < -0.4 is 0 Å². The zero-order chi connectivity index (χ0) is 15.9. The van der Waals surface area contributed by atoms with E-state index >= 15 is 0 Å². The molecule has 0 saturated heterocycles. The molecular formula is C19H36N2S. The van der Waals surface area contributed by atoms with Crippen LogP contribution in [0.25, 0.3) is 0 Å². The molecule has 128 valence electrons. The maximum atomic E-state index is 4.18. The number of aromatic nitrogens is 2. The van der Waals surface area contributed by atoms with Crippen LogP contribution in [0.2, 0.25) is 0 Å². The van der Waals surface area contributed by atoms with Gasteiger partial charge in [0.2, 0.25) is 0 Å². The first-order valence-corrected chi connectivity index (χ1v) is 10.5. The van der Waals surface area contributed by atoms with Crippen molar-refractivity contribution < 1.29 is 0 Å². The Bertz CT molecular complexity index is 324. The van der Waals surface area contributed by atoms with Crippen LogP contribution >= 0.6 is 11.8 Å². The molecule has 0 fully saturated rings. The highest BCUT2D eigenvalue weighted by atomic mass is 32.2. The normalized spacial score (nSPS) is 12.6. The third-order valence-corrected chi connectivity index (χ3v) is 5.59. The van der Waals surface area contributed by atoms with Gasteiger partial charge in [0.1, 0.15) is 0 Å². The van der Waals surface area contributed by atoms with Crippen molar-refractivity contribution in [2.45, 2.75) is 96.3 Å². The minimum atomic E-state index is 0.765. The molecule has 22 heavy (non-hydrogen) atoms. The number of nitrogens with zero attached hydrogens (tertiary/aromatic N) is 2. The van der Waals surface area contributed by atoms with Crippen LogP contribution in [-0.2, 0) is 6.54 Å². The van der Waals surface area contributed by atoms with E-state index in [-0.39, 0.29) is 0 Å². The highest BCUT2D eigenvalue weighted by Gasteiger charge is 2.09. The molecule has 1 rings (SSSR count). The Morgan fingerprint density at radius 2 is 1.59 bits per heavy atom. The fraction of sp³-hybridized carbons (Fsp3) is 0.842. The molecule has 0 saturated carbocycles. The monoisotopic (exact) mass is 324 g/mol. The van der Waals surface area contributed by atoms with E-state index in [0.717, 1.165) is 11.8 Å². The molecule has 1 unspecified atom stereocenters. The van der Waals surface area contributed by atoms with Gasteiger partial charge in [-0.1, -0.05) is 71.6 Å². The van der Waals surface area contributed by atoms with E-state index in [1.165, 1.54) is 76.4 Å². The van der Waals surface area contributed by atoms with E-state index in [2.05, 4.69) is 41.4 Å². The maximum absolute atomic E-state index is 4.18. The van der Waals surface area contributed by atoms with Crippen molar-refractivity contribution in [3.8, 4) is 0 Å². The number of unbranched alkanes of at least 4 members (excludes halogenated alkanes) is 8. The minimum Gasteiger partial charge on any atom is -0.336 e. The molecule has 2 nitrogen and oxygen atoms in total. The van der Waals surface area contributed by atoms with Crippen molar-refractivity contribution in [1.82, 2.24) is 9.55 Å². The van der Waals surface area contributed by atoms with Crippen molar-refractivity contribution in [2.24, 2.45) is 0 Å². The van der Waals surface area contributed by atoms with Crippen LogP contribution in [-0.4, -0.2) is 20.6 Å². The average molecular weight is 325 g/mol. The Morgan fingerprint density at radius 3 is 2.27 bits per heavy atom. The van der Waals surface area contributed by atoms with Gasteiger partial charge in [0.05, 0.1) is 6.33 Å². The first-order chi connectivity index (χ1) is 10.9. The van der Waals surface area contributed by atoms with Crippen molar-refractivity contribution in [1.29, 1.82) is 0 Å². The largest absolute Gasteiger partial charge is 0.336 e. The fourth-order valence-electron chi connectivity index (χ4n) is 2.79. The maximum Gasteiger partial charge on any atom is 0.0946 e. The van der Waals surface area contributed by atoms with E-state index < -0.39 is 0 Å². The first-order valence-electron chi connectivity index (χ1n) is 9.44. The summed E-state index contributed by atoms with van der Waals surface area (Å²) in [5, 5.41) is 0.765. The first kappa shape index (κ1) is 19.6. The van der Waals surface area contributed by atoms with Crippen molar-refractivity contribution in [3.05, 3.63) is 18.7 Å². The van der Waals surface area contributed by atoms with Crippen LogP contribution in [0, 0.1) is 0 Å². The summed E-state index contributed by atoms with van der Waals surface area (Å²) in [4.78, 5) is 4.18. The molecule has 0 N–H and O–H groups in total. The molecule has 0 radical (unpaired) electrons. The molecule has 0 aliphatic heterocycles. The number of rotatable bonds is 15. The van der Waals surface area contributed by atoms with Gasteiger partial charge in [0.15, 0.2) is 0 Å².